The number of nitrogens with one attached hydrogen (secondary N) is 3. The Labute approximate surface area is 390 Å². The summed E-state index contributed by atoms with van der Waals surface area (Å²) in [6.07, 6.45) is -30.6. The monoisotopic (exact) mass is 993 g/mol. The molecule has 4 saturated heterocycles. The summed E-state index contributed by atoms with van der Waals surface area (Å²) in [6.45, 7) is -2.30. The van der Waals surface area contributed by atoms with Gasteiger partial charge in [0.15, 0.2) is 25.2 Å². The minimum Gasteiger partial charge on any atom is -0.394 e. The van der Waals surface area contributed by atoms with E-state index in [1.807, 2.05) is 0 Å². The fourth-order valence-electron chi connectivity index (χ4n) is 7.57. The number of carbonyl (C=O) groups is 3. The fourth-order valence-corrected chi connectivity index (χ4v) is 7.57. The van der Waals surface area contributed by atoms with Gasteiger partial charge in [-0.3, -0.25) is 19.3 Å². The van der Waals surface area contributed by atoms with Crippen LogP contribution < -0.4 is 21.7 Å². The van der Waals surface area contributed by atoms with Gasteiger partial charge in [0.1, 0.15) is 91.6 Å². The van der Waals surface area contributed by atoms with E-state index in [-0.39, 0.29) is 26.2 Å². The number of ether oxygens (including phenoxy) is 8. The number of aliphatic hydroxyl groups is 13. The average Bonchev–Trinajstić information content (AvgIpc) is 3.31. The number of carbonyl (C=O) groups excluding carboxylic acids is 3. The lowest BCUT2D eigenvalue weighted by atomic mass is 9.96. The zero-order valence-corrected chi connectivity index (χ0v) is 37.5. The van der Waals surface area contributed by atoms with Crippen molar-refractivity contribution in [2.75, 3.05) is 78.8 Å². The van der Waals surface area contributed by atoms with Gasteiger partial charge >= 0.3 is 0 Å². The number of hydrogen-bond acceptors (Lipinski definition) is 26. The summed E-state index contributed by atoms with van der Waals surface area (Å²) >= 11 is 0. The number of amides is 3. The van der Waals surface area contributed by atoms with E-state index in [1.165, 1.54) is 11.8 Å². The number of rotatable bonds is 26. The SMILES string of the molecule is C[C@@H]1O[C@@H](OCCNC(=O)CN(CC(=O)NCCCCCN)CC(=O)NCCO[C@H]2O[C@H](CO[C@H]3O[C@H](CO)[C@@H](O)[C@H](O)[C@@H]3O)[C@@H](O)[C@H](O[C@H]3O[C@H](CO)[C@@H](O)[C@H](O)[C@@H]3O)[C@@H]2O)[C@@H](O)[C@H](O)[C@@H]1O. The van der Waals surface area contributed by atoms with Gasteiger partial charge in [-0.25, -0.2) is 0 Å². The molecule has 3 amide bonds. The number of hydrogen-bond donors (Lipinski definition) is 17. The van der Waals surface area contributed by atoms with E-state index in [4.69, 9.17) is 43.6 Å². The summed E-state index contributed by atoms with van der Waals surface area (Å²) in [7, 11) is 0. The second kappa shape index (κ2) is 28.5. The summed E-state index contributed by atoms with van der Waals surface area (Å²) in [6, 6.07) is 0. The van der Waals surface area contributed by atoms with Crippen molar-refractivity contribution in [3.05, 3.63) is 0 Å². The molecular formula is C39H71N5O24. The maximum Gasteiger partial charge on any atom is 0.234 e. The standard InChI is InChI=1S/C39H71N5O24/c1-17-24(50)28(54)31(57)36(64-17)61-9-7-42-22(48)12-44(11-21(47)41-6-4-2-3-5-40)13-23(49)43-8-10-62-38-34(60)35(68-39-33(59)30(56)26(52)19(15-46)66-39)27(53)20(67-38)16-63-37-32(58)29(55)25(51)18(14-45)65-37/h17-20,24-39,45-46,50-60H,2-16,40H2,1H3,(H,41,47)(H,42,48)(H,43,49)/t17-,18+,19+,20+,24+,25+,26+,27+,28+,29-,30-,31-,32-,33-,34-,35-,36+,37-,38-,39+/m0/s1. The summed E-state index contributed by atoms with van der Waals surface area (Å²) in [4.78, 5) is 40.1. The zero-order valence-electron chi connectivity index (χ0n) is 37.5. The first kappa shape index (κ1) is 58.1. The van der Waals surface area contributed by atoms with Gasteiger partial charge in [-0.15, -0.1) is 0 Å². The Morgan fingerprint density at radius 2 is 0.941 bits per heavy atom. The minimum atomic E-state index is -1.96. The molecule has 396 valence electrons. The Bertz CT molecular complexity index is 1510. The molecule has 0 unspecified atom stereocenters. The first-order valence-corrected chi connectivity index (χ1v) is 22.4. The minimum absolute atomic E-state index is 0.107. The van der Waals surface area contributed by atoms with Crippen molar-refractivity contribution < 1.29 is 119 Å². The number of unbranched alkanes of at least 4 members (excludes halogenated alkanes) is 2. The predicted octanol–water partition coefficient (Wildman–Crippen LogP) is -10.9. The molecule has 29 heteroatoms. The van der Waals surface area contributed by atoms with Crippen LogP contribution in [-0.2, 0) is 52.3 Å². The van der Waals surface area contributed by atoms with E-state index < -0.39 is 180 Å². The van der Waals surface area contributed by atoms with E-state index in [0.717, 1.165) is 12.8 Å². The predicted molar refractivity (Wildman–Crippen MR) is 222 cm³/mol. The second-order valence-corrected chi connectivity index (χ2v) is 16.8. The molecule has 68 heavy (non-hydrogen) atoms. The number of nitrogens with zero attached hydrogens (tertiary/aromatic N) is 1. The number of nitrogens with two attached hydrogens (primary N) is 1. The Hall–Kier alpha value is -2.51. The molecular weight excluding hydrogens is 922 g/mol. The highest BCUT2D eigenvalue weighted by molar-refractivity contribution is 5.84. The van der Waals surface area contributed by atoms with Crippen LogP contribution in [0.5, 0.6) is 0 Å². The van der Waals surface area contributed by atoms with Crippen molar-refractivity contribution in [1.82, 2.24) is 20.9 Å². The van der Waals surface area contributed by atoms with Crippen molar-refractivity contribution in [1.29, 1.82) is 0 Å². The molecule has 4 heterocycles. The van der Waals surface area contributed by atoms with E-state index in [2.05, 4.69) is 16.0 Å². The van der Waals surface area contributed by atoms with Crippen molar-refractivity contribution in [2.24, 2.45) is 5.73 Å². The highest BCUT2D eigenvalue weighted by Crippen LogP contribution is 2.31. The van der Waals surface area contributed by atoms with E-state index in [9.17, 15) is 80.8 Å². The number of aliphatic hydroxyl groups excluding tert-OH is 13. The van der Waals surface area contributed by atoms with Crippen LogP contribution in [0.4, 0.5) is 0 Å². The Morgan fingerprint density at radius 3 is 1.46 bits per heavy atom. The van der Waals surface area contributed by atoms with Crippen LogP contribution in [0.3, 0.4) is 0 Å². The fraction of sp³-hybridized carbons (Fsp3) is 0.923. The summed E-state index contributed by atoms with van der Waals surface area (Å²) < 4.78 is 44.2. The molecule has 4 rings (SSSR count). The van der Waals surface area contributed by atoms with Crippen LogP contribution in [0.25, 0.3) is 0 Å². The molecule has 29 nitrogen and oxygen atoms in total. The zero-order chi connectivity index (χ0) is 50.2. The van der Waals surface area contributed by atoms with Gasteiger partial charge in [-0.2, -0.15) is 0 Å². The highest BCUT2D eigenvalue weighted by atomic mass is 16.8. The highest BCUT2D eigenvalue weighted by Gasteiger charge is 2.52. The molecule has 0 aromatic rings. The second-order valence-electron chi connectivity index (χ2n) is 16.8. The lowest BCUT2D eigenvalue weighted by Gasteiger charge is -2.46. The van der Waals surface area contributed by atoms with Gasteiger partial charge in [0.25, 0.3) is 0 Å². The largest absolute Gasteiger partial charge is 0.394 e. The third-order valence-electron chi connectivity index (χ3n) is 11.6. The summed E-state index contributed by atoms with van der Waals surface area (Å²) in [5.74, 6) is -1.79. The van der Waals surface area contributed by atoms with Crippen molar-refractivity contribution >= 4 is 17.7 Å². The first-order chi connectivity index (χ1) is 32.3. The molecule has 0 aromatic heterocycles. The molecule has 0 aromatic carbocycles. The lowest BCUT2D eigenvalue weighted by Crippen LogP contribution is -2.65. The van der Waals surface area contributed by atoms with E-state index in [1.54, 1.807) is 0 Å². The Morgan fingerprint density at radius 1 is 0.500 bits per heavy atom. The van der Waals surface area contributed by atoms with E-state index >= 15 is 0 Å². The van der Waals surface area contributed by atoms with Crippen LogP contribution >= 0.6 is 0 Å². The van der Waals surface area contributed by atoms with Crippen LogP contribution in [-0.4, -0.2) is 291 Å². The van der Waals surface area contributed by atoms with Crippen LogP contribution in [0.1, 0.15) is 26.2 Å². The van der Waals surface area contributed by atoms with Gasteiger partial charge in [-0.05, 0) is 26.3 Å². The first-order valence-electron chi connectivity index (χ1n) is 22.4. The van der Waals surface area contributed by atoms with Crippen molar-refractivity contribution in [3.63, 3.8) is 0 Å². The Kier molecular flexibility index (Phi) is 24.3. The molecule has 20 atom stereocenters. The molecule has 0 spiro atoms. The topological polar surface area (TPSA) is 453 Å². The molecule has 0 radical (unpaired) electrons. The smallest absolute Gasteiger partial charge is 0.234 e. The third-order valence-corrected chi connectivity index (χ3v) is 11.6. The average molecular weight is 994 g/mol. The molecule has 0 bridgehead atoms. The quantitative estimate of drug-likeness (QED) is 0.0358. The van der Waals surface area contributed by atoms with Crippen molar-refractivity contribution in [3.8, 4) is 0 Å². The van der Waals surface area contributed by atoms with Crippen molar-refractivity contribution in [2.45, 2.75) is 149 Å². The maximum atomic E-state index is 13.2. The molecule has 0 aliphatic carbocycles. The molecule has 18 N–H and O–H groups in total. The molecule has 4 aliphatic rings. The Balaban J connectivity index is 1.36. The maximum absolute atomic E-state index is 13.2. The molecule has 4 aliphatic heterocycles. The summed E-state index contributed by atoms with van der Waals surface area (Å²) in [5, 5.41) is 142. The normalized spacial score (nSPS) is 38.8. The van der Waals surface area contributed by atoms with Crippen LogP contribution in [0, 0.1) is 0 Å². The van der Waals surface area contributed by atoms with Gasteiger partial charge in [0.05, 0.1) is 58.8 Å². The van der Waals surface area contributed by atoms with Gasteiger partial charge < -0.3 is 126 Å². The van der Waals surface area contributed by atoms with E-state index in [0.29, 0.717) is 19.5 Å². The van der Waals surface area contributed by atoms with Gasteiger partial charge in [0, 0.05) is 19.6 Å². The molecule has 0 saturated carbocycles. The summed E-state index contributed by atoms with van der Waals surface area (Å²) in [5.41, 5.74) is 5.52. The van der Waals surface area contributed by atoms with Crippen LogP contribution in [0.2, 0.25) is 0 Å². The van der Waals surface area contributed by atoms with Gasteiger partial charge in [0.2, 0.25) is 17.7 Å². The van der Waals surface area contributed by atoms with Crippen LogP contribution in [0.15, 0.2) is 0 Å². The third kappa shape index (κ3) is 16.3. The lowest BCUT2D eigenvalue weighted by molar-refractivity contribution is -0.366. The molecule has 4 fully saturated rings. The van der Waals surface area contributed by atoms with Gasteiger partial charge in [-0.1, -0.05) is 6.42 Å².